The molecule has 3 rings (SSSR count). The van der Waals surface area contributed by atoms with Crippen LogP contribution in [0.4, 0.5) is 0 Å². The monoisotopic (exact) mass is 221 g/mol. The van der Waals surface area contributed by atoms with Crippen molar-refractivity contribution in [2.45, 2.75) is 12.5 Å². The number of carboxylic acids is 1. The van der Waals surface area contributed by atoms with E-state index in [1.165, 1.54) is 6.07 Å². The maximum Gasteiger partial charge on any atom is 0.371 e. The molecule has 1 aliphatic carbocycles. The average molecular weight is 221 g/mol. The molecule has 0 fully saturated rings. The second-order valence-electron chi connectivity index (χ2n) is 3.57. The first kappa shape index (κ1) is 9.10. The van der Waals surface area contributed by atoms with Gasteiger partial charge in [-0.15, -0.1) is 0 Å². The maximum absolute atomic E-state index is 10.8. The quantitative estimate of drug-likeness (QED) is 0.723. The van der Waals surface area contributed by atoms with Gasteiger partial charge in [-0.1, -0.05) is 5.16 Å². The third-order valence-electron chi connectivity index (χ3n) is 2.56. The van der Waals surface area contributed by atoms with Gasteiger partial charge in [-0.3, -0.25) is 0 Å². The zero-order chi connectivity index (χ0) is 11.3. The molecule has 0 saturated heterocycles. The lowest BCUT2D eigenvalue weighted by Gasteiger charge is -2.13. The van der Waals surface area contributed by atoms with Crippen molar-refractivity contribution in [2.75, 3.05) is 0 Å². The van der Waals surface area contributed by atoms with Gasteiger partial charge in [0.2, 0.25) is 5.76 Å². The first-order chi connectivity index (χ1) is 7.66. The van der Waals surface area contributed by atoms with Crippen LogP contribution in [0.25, 0.3) is 11.5 Å². The fraction of sp³-hybridized carbons (Fsp3) is 0.222. The number of hydrogen-bond donors (Lipinski definition) is 2. The smallest absolute Gasteiger partial charge is 0.371 e. The minimum Gasteiger partial charge on any atom is -0.475 e. The first-order valence-electron chi connectivity index (χ1n) is 4.61. The molecule has 0 spiro atoms. The Bertz CT molecular complexity index is 571. The predicted molar refractivity (Wildman–Crippen MR) is 49.6 cm³/mol. The standard InChI is InChI=1S/C9H7N3O4/c10-4-2-5-7(12-16-11-5)8-3(4)1-6(15-8)9(13)14/h1,4H,2,10H2,(H,13,14). The molecule has 1 unspecified atom stereocenters. The second kappa shape index (κ2) is 2.92. The Balaban J connectivity index is 2.23. The molecule has 3 N–H and O–H groups in total. The fourth-order valence-corrected chi connectivity index (χ4v) is 1.80. The van der Waals surface area contributed by atoms with Crippen molar-refractivity contribution in [1.29, 1.82) is 0 Å². The molecule has 2 aromatic rings. The van der Waals surface area contributed by atoms with Crippen LogP contribution in [-0.2, 0) is 6.42 Å². The molecule has 0 aliphatic heterocycles. The third-order valence-corrected chi connectivity index (χ3v) is 2.56. The number of aromatic nitrogens is 2. The lowest BCUT2D eigenvalue weighted by Crippen LogP contribution is -2.17. The van der Waals surface area contributed by atoms with Crippen molar-refractivity contribution in [1.82, 2.24) is 10.3 Å². The molecule has 1 aliphatic rings. The number of nitrogens with two attached hydrogens (primary N) is 1. The Morgan fingerprint density at radius 2 is 2.38 bits per heavy atom. The molecule has 16 heavy (non-hydrogen) atoms. The van der Waals surface area contributed by atoms with E-state index in [0.29, 0.717) is 29.1 Å². The summed E-state index contributed by atoms with van der Waals surface area (Å²) in [6.07, 6.45) is 0.463. The van der Waals surface area contributed by atoms with Crippen LogP contribution in [0.3, 0.4) is 0 Å². The molecular formula is C9H7N3O4. The van der Waals surface area contributed by atoms with Gasteiger partial charge in [0, 0.05) is 18.0 Å². The van der Waals surface area contributed by atoms with Crippen LogP contribution < -0.4 is 5.73 Å². The van der Waals surface area contributed by atoms with E-state index in [-0.39, 0.29) is 11.8 Å². The third kappa shape index (κ3) is 1.09. The van der Waals surface area contributed by atoms with Crippen LogP contribution in [0.5, 0.6) is 0 Å². The van der Waals surface area contributed by atoms with Crippen LogP contribution in [0.2, 0.25) is 0 Å². The fourth-order valence-electron chi connectivity index (χ4n) is 1.80. The van der Waals surface area contributed by atoms with Gasteiger partial charge < -0.3 is 15.3 Å². The number of carbonyl (C=O) groups is 1. The van der Waals surface area contributed by atoms with Gasteiger partial charge in [0.25, 0.3) is 0 Å². The SMILES string of the molecule is NC1Cc2nonc2-c2oc(C(=O)O)cc21. The summed E-state index contributed by atoms with van der Waals surface area (Å²) in [7, 11) is 0. The molecule has 0 radical (unpaired) electrons. The lowest BCUT2D eigenvalue weighted by molar-refractivity contribution is 0.0663. The van der Waals surface area contributed by atoms with Crippen LogP contribution in [0, 0.1) is 0 Å². The Labute approximate surface area is 88.8 Å². The molecular weight excluding hydrogens is 214 g/mol. The first-order valence-corrected chi connectivity index (χ1v) is 4.61. The van der Waals surface area contributed by atoms with Crippen molar-refractivity contribution in [3.05, 3.63) is 23.1 Å². The Kier molecular flexibility index (Phi) is 1.66. The lowest BCUT2D eigenvalue weighted by atomic mass is 9.95. The van der Waals surface area contributed by atoms with E-state index >= 15 is 0 Å². The second-order valence-corrected chi connectivity index (χ2v) is 3.57. The highest BCUT2D eigenvalue weighted by atomic mass is 16.6. The van der Waals surface area contributed by atoms with E-state index in [9.17, 15) is 4.79 Å². The van der Waals surface area contributed by atoms with Crippen LogP contribution in [-0.4, -0.2) is 21.4 Å². The van der Waals surface area contributed by atoms with Gasteiger partial charge in [-0.05, 0) is 11.2 Å². The number of aromatic carboxylic acids is 1. The molecule has 7 nitrogen and oxygen atoms in total. The number of nitrogens with zero attached hydrogens (tertiary/aromatic N) is 2. The van der Waals surface area contributed by atoms with Crippen molar-refractivity contribution in [2.24, 2.45) is 5.73 Å². The summed E-state index contributed by atoms with van der Waals surface area (Å²) in [6.45, 7) is 0. The van der Waals surface area contributed by atoms with E-state index in [2.05, 4.69) is 14.9 Å². The summed E-state index contributed by atoms with van der Waals surface area (Å²) < 4.78 is 9.76. The van der Waals surface area contributed by atoms with Gasteiger partial charge in [0.05, 0.1) is 0 Å². The van der Waals surface area contributed by atoms with Gasteiger partial charge in [0.15, 0.2) is 11.5 Å². The molecule has 82 valence electrons. The maximum atomic E-state index is 10.8. The topological polar surface area (TPSA) is 115 Å². The summed E-state index contributed by atoms with van der Waals surface area (Å²) in [5, 5.41) is 16.2. The van der Waals surface area contributed by atoms with Crippen molar-refractivity contribution >= 4 is 5.97 Å². The number of carboxylic acid groups (broad SMARTS) is 1. The van der Waals surface area contributed by atoms with Gasteiger partial charge in [-0.2, -0.15) is 0 Å². The minimum atomic E-state index is -1.14. The van der Waals surface area contributed by atoms with E-state index in [4.69, 9.17) is 15.3 Å². The number of rotatable bonds is 1. The van der Waals surface area contributed by atoms with Crippen LogP contribution in [0.1, 0.15) is 27.9 Å². The highest BCUT2D eigenvalue weighted by Crippen LogP contribution is 2.37. The molecule has 0 aromatic carbocycles. The summed E-state index contributed by atoms with van der Waals surface area (Å²) in [4.78, 5) is 10.8. The molecule has 7 heteroatoms. The van der Waals surface area contributed by atoms with E-state index in [1.54, 1.807) is 0 Å². The van der Waals surface area contributed by atoms with E-state index in [0.717, 1.165) is 0 Å². The Hall–Kier alpha value is -2.15. The summed E-state index contributed by atoms with van der Waals surface area (Å²) >= 11 is 0. The zero-order valence-corrected chi connectivity index (χ0v) is 8.01. The highest BCUT2D eigenvalue weighted by molar-refractivity contribution is 5.86. The molecule has 1 atom stereocenters. The van der Waals surface area contributed by atoms with Gasteiger partial charge in [-0.25, -0.2) is 9.42 Å². The van der Waals surface area contributed by atoms with Crippen molar-refractivity contribution < 1.29 is 18.9 Å². The van der Waals surface area contributed by atoms with Crippen molar-refractivity contribution in [3.8, 4) is 11.5 Å². The normalized spacial score (nSPS) is 17.9. The molecule has 2 heterocycles. The molecule has 0 bridgehead atoms. The largest absolute Gasteiger partial charge is 0.475 e. The van der Waals surface area contributed by atoms with Gasteiger partial charge in [0.1, 0.15) is 5.69 Å². The summed E-state index contributed by atoms with van der Waals surface area (Å²) in [6, 6.07) is 1.08. The molecule has 2 aromatic heterocycles. The number of furan rings is 1. The van der Waals surface area contributed by atoms with E-state index < -0.39 is 5.97 Å². The molecule has 0 amide bonds. The zero-order valence-electron chi connectivity index (χ0n) is 8.01. The van der Waals surface area contributed by atoms with E-state index in [1.807, 2.05) is 0 Å². The predicted octanol–water partition coefficient (Wildman–Crippen LogP) is 0.584. The minimum absolute atomic E-state index is 0.156. The summed E-state index contributed by atoms with van der Waals surface area (Å²) in [5.41, 5.74) is 7.52. The van der Waals surface area contributed by atoms with Crippen LogP contribution >= 0.6 is 0 Å². The van der Waals surface area contributed by atoms with Crippen LogP contribution in [0.15, 0.2) is 15.1 Å². The molecule has 0 saturated carbocycles. The number of fused-ring (bicyclic) bond motifs is 3. The average Bonchev–Trinajstić information content (AvgIpc) is 2.80. The highest BCUT2D eigenvalue weighted by Gasteiger charge is 2.31. The van der Waals surface area contributed by atoms with Gasteiger partial charge >= 0.3 is 5.97 Å². The summed E-state index contributed by atoms with van der Waals surface area (Å²) in [5.74, 6) is -0.955. The van der Waals surface area contributed by atoms with Crippen molar-refractivity contribution in [3.63, 3.8) is 0 Å². The Morgan fingerprint density at radius 3 is 3.12 bits per heavy atom. The Morgan fingerprint density at radius 1 is 1.56 bits per heavy atom. The number of hydrogen-bond acceptors (Lipinski definition) is 6.